The quantitative estimate of drug-likeness (QED) is 0.169. The maximum absolute atomic E-state index is 11.3. The predicted octanol–water partition coefficient (Wildman–Crippen LogP) is -2.94. The fraction of sp³-hybridized carbons (Fsp3) is 1.00. The van der Waals surface area contributed by atoms with Crippen LogP contribution in [0.25, 0.3) is 0 Å². The Kier molecular flexibility index (Phi) is 10.0. The van der Waals surface area contributed by atoms with Gasteiger partial charge in [0.25, 0.3) is 10.1 Å². The Hall–Kier alpha value is -0.530. The average molecular weight is 518 g/mol. The van der Waals surface area contributed by atoms with Gasteiger partial charge < -0.3 is 54.6 Å². The first-order chi connectivity index (χ1) is 16.0. The van der Waals surface area contributed by atoms with Crippen LogP contribution in [0.15, 0.2) is 0 Å². The Bertz CT molecular complexity index is 742. The van der Waals surface area contributed by atoms with Crippen LogP contribution < -0.4 is 5.73 Å². The van der Waals surface area contributed by atoms with E-state index in [0.717, 1.165) is 0 Å². The molecule has 34 heavy (non-hydrogen) atoms. The summed E-state index contributed by atoms with van der Waals surface area (Å²) in [5, 5.41) is 40.7. The van der Waals surface area contributed by atoms with Crippen LogP contribution in [-0.4, -0.2) is 127 Å². The van der Waals surface area contributed by atoms with E-state index < -0.39 is 83.5 Å². The molecule has 7 N–H and O–H groups in total. The summed E-state index contributed by atoms with van der Waals surface area (Å²) in [6, 6.07) is -1.16. The van der Waals surface area contributed by atoms with Gasteiger partial charge in [-0.25, -0.2) is 0 Å². The lowest BCUT2D eigenvalue weighted by Gasteiger charge is -2.46. The molecule has 0 amide bonds. The van der Waals surface area contributed by atoms with Gasteiger partial charge in [0.05, 0.1) is 43.3 Å². The third-order valence-corrected chi connectivity index (χ3v) is 6.74. The summed E-state index contributed by atoms with van der Waals surface area (Å²) in [6.45, 7) is 1.97. The number of hydrogen-bond donors (Lipinski definition) is 6. The van der Waals surface area contributed by atoms with Crippen LogP contribution in [0.2, 0.25) is 0 Å². The van der Waals surface area contributed by atoms with Crippen LogP contribution in [-0.2, 0) is 38.5 Å². The number of hydrogen-bond acceptors (Lipinski definition) is 13. The monoisotopic (exact) mass is 517 g/mol. The molecule has 0 spiro atoms. The highest BCUT2D eigenvalue weighted by Gasteiger charge is 2.48. The van der Waals surface area contributed by atoms with Crippen LogP contribution in [0.5, 0.6) is 0 Å². The second-order valence-corrected chi connectivity index (χ2v) is 10.2. The molecule has 3 heterocycles. The summed E-state index contributed by atoms with van der Waals surface area (Å²) in [7, 11) is -4.36. The standard InChI is InChI=1S/C19H35NO13S/c1-2-28-14-6-10(22)13(8-30-14)32-19-16(20)17(24)18(12(31-19)3-4-34(25,26)27)33-15-5-9(21)11(23)7-29-15/h9-19,21-24H,2-8,20H2,1H3,(H,25,26,27)/t9-,10-,11+,12?,13+,14+,15-,16?,17+,18+,19-/m0/s1. The van der Waals surface area contributed by atoms with Gasteiger partial charge in [0.15, 0.2) is 18.9 Å². The molecular weight excluding hydrogens is 482 g/mol. The van der Waals surface area contributed by atoms with Crippen LogP contribution in [0.4, 0.5) is 0 Å². The highest BCUT2D eigenvalue weighted by molar-refractivity contribution is 7.85. The Balaban J connectivity index is 1.68. The summed E-state index contributed by atoms with van der Waals surface area (Å²) >= 11 is 0. The Morgan fingerprint density at radius 3 is 2.26 bits per heavy atom. The SMILES string of the molecule is CCO[C@H]1C[C@H](O)[C@H](O[C@@H]2OC(CCS(=O)(=O)O)[C@@H](O[C@H]3C[C@H](O)[C@H](O)CO3)[C@H](O)C2N)CO1. The van der Waals surface area contributed by atoms with Crippen molar-refractivity contribution in [1.29, 1.82) is 0 Å². The number of nitrogens with two attached hydrogens (primary N) is 1. The van der Waals surface area contributed by atoms with Crippen molar-refractivity contribution in [2.75, 3.05) is 25.6 Å². The zero-order valence-corrected chi connectivity index (χ0v) is 19.6. The number of aliphatic hydroxyl groups is 4. The molecule has 0 aromatic heterocycles. The minimum absolute atomic E-state index is 0.0275. The van der Waals surface area contributed by atoms with Crippen molar-refractivity contribution in [2.45, 2.75) is 93.8 Å². The van der Waals surface area contributed by atoms with Crippen LogP contribution in [0.1, 0.15) is 26.2 Å². The summed E-state index contributed by atoms with van der Waals surface area (Å²) in [5.41, 5.74) is 6.12. The molecule has 3 aliphatic rings. The highest BCUT2D eigenvalue weighted by atomic mass is 32.2. The molecule has 15 heteroatoms. The van der Waals surface area contributed by atoms with Gasteiger partial charge in [-0.1, -0.05) is 0 Å². The first kappa shape index (κ1) is 28.0. The van der Waals surface area contributed by atoms with Crippen molar-refractivity contribution in [3.63, 3.8) is 0 Å². The van der Waals surface area contributed by atoms with E-state index in [9.17, 15) is 33.4 Å². The van der Waals surface area contributed by atoms with Crippen molar-refractivity contribution < 1.29 is 61.8 Å². The van der Waals surface area contributed by atoms with E-state index in [0.29, 0.717) is 6.61 Å². The lowest BCUT2D eigenvalue weighted by atomic mass is 9.95. The molecule has 14 nitrogen and oxygen atoms in total. The zero-order valence-electron chi connectivity index (χ0n) is 18.8. The molecule has 3 saturated heterocycles. The predicted molar refractivity (Wildman–Crippen MR) is 112 cm³/mol. The van der Waals surface area contributed by atoms with Crippen molar-refractivity contribution in [3.05, 3.63) is 0 Å². The molecule has 200 valence electrons. The van der Waals surface area contributed by atoms with Crippen molar-refractivity contribution in [1.82, 2.24) is 0 Å². The average Bonchev–Trinajstić information content (AvgIpc) is 2.76. The third kappa shape index (κ3) is 7.49. The highest BCUT2D eigenvalue weighted by Crippen LogP contribution is 2.30. The lowest BCUT2D eigenvalue weighted by molar-refractivity contribution is -0.328. The van der Waals surface area contributed by atoms with E-state index in [-0.39, 0.29) is 32.5 Å². The summed E-state index contributed by atoms with van der Waals surface area (Å²) < 4.78 is 65.3. The minimum atomic E-state index is -4.36. The molecule has 3 aliphatic heterocycles. The van der Waals surface area contributed by atoms with Crippen LogP contribution in [0.3, 0.4) is 0 Å². The van der Waals surface area contributed by atoms with Crippen molar-refractivity contribution in [3.8, 4) is 0 Å². The molecule has 3 rings (SSSR count). The molecule has 11 atom stereocenters. The van der Waals surface area contributed by atoms with E-state index in [1.54, 1.807) is 6.92 Å². The topological polar surface area (TPSA) is 217 Å². The fourth-order valence-corrected chi connectivity index (χ4v) is 4.60. The molecule has 0 saturated carbocycles. The van der Waals surface area contributed by atoms with Gasteiger partial charge in [-0.15, -0.1) is 0 Å². The van der Waals surface area contributed by atoms with E-state index in [1.807, 2.05) is 0 Å². The van der Waals surface area contributed by atoms with Crippen molar-refractivity contribution >= 4 is 10.1 Å². The largest absolute Gasteiger partial charge is 0.390 e. The second kappa shape index (κ2) is 12.1. The molecule has 0 radical (unpaired) electrons. The van der Waals surface area contributed by atoms with Crippen LogP contribution >= 0.6 is 0 Å². The first-order valence-electron chi connectivity index (χ1n) is 11.2. The Labute approximate surface area is 197 Å². The zero-order chi connectivity index (χ0) is 25.0. The van der Waals surface area contributed by atoms with Gasteiger partial charge in [-0.05, 0) is 13.3 Å². The van der Waals surface area contributed by atoms with Crippen molar-refractivity contribution in [2.24, 2.45) is 5.73 Å². The van der Waals surface area contributed by atoms with Gasteiger partial charge in [0, 0.05) is 19.4 Å². The summed E-state index contributed by atoms with van der Waals surface area (Å²) in [5.74, 6) is -0.690. The molecule has 3 fully saturated rings. The lowest BCUT2D eigenvalue weighted by Crippen LogP contribution is -2.64. The smallest absolute Gasteiger partial charge is 0.264 e. The fourth-order valence-electron chi connectivity index (χ4n) is 4.07. The third-order valence-electron chi connectivity index (χ3n) is 5.99. The van der Waals surface area contributed by atoms with E-state index in [2.05, 4.69) is 0 Å². The van der Waals surface area contributed by atoms with E-state index in [1.165, 1.54) is 0 Å². The molecule has 0 aromatic rings. The van der Waals surface area contributed by atoms with Gasteiger partial charge in [0.2, 0.25) is 0 Å². The molecular formula is C19H35NO13S. The first-order valence-corrected chi connectivity index (χ1v) is 12.8. The maximum atomic E-state index is 11.3. The number of aliphatic hydroxyl groups excluding tert-OH is 4. The minimum Gasteiger partial charge on any atom is -0.390 e. The van der Waals surface area contributed by atoms with Gasteiger partial charge in [-0.3, -0.25) is 4.55 Å². The summed E-state index contributed by atoms with van der Waals surface area (Å²) in [4.78, 5) is 0. The maximum Gasteiger partial charge on any atom is 0.264 e. The van der Waals surface area contributed by atoms with Gasteiger partial charge >= 0.3 is 0 Å². The molecule has 0 bridgehead atoms. The molecule has 0 aromatic carbocycles. The number of ether oxygens (including phenoxy) is 6. The van der Waals surface area contributed by atoms with Gasteiger partial charge in [0.1, 0.15) is 24.4 Å². The van der Waals surface area contributed by atoms with Gasteiger partial charge in [-0.2, -0.15) is 8.42 Å². The second-order valence-electron chi connectivity index (χ2n) is 8.62. The van der Waals surface area contributed by atoms with E-state index >= 15 is 0 Å². The van der Waals surface area contributed by atoms with E-state index in [4.69, 9.17) is 34.2 Å². The Morgan fingerprint density at radius 2 is 1.65 bits per heavy atom. The molecule has 0 aliphatic carbocycles. The Morgan fingerprint density at radius 1 is 0.971 bits per heavy atom. The molecule has 2 unspecified atom stereocenters. The van der Waals surface area contributed by atoms with Crippen LogP contribution in [0, 0.1) is 0 Å². The number of rotatable bonds is 9. The normalized spacial score (nSPS) is 44.1. The summed E-state index contributed by atoms with van der Waals surface area (Å²) in [6.07, 6.45) is -10.8.